The number of nitrogens with one attached hydrogen (secondary N) is 2. The molecule has 7 nitrogen and oxygen atoms in total. The van der Waals surface area contributed by atoms with E-state index in [9.17, 15) is 8.78 Å². The molecule has 226 valence electrons. The van der Waals surface area contributed by atoms with E-state index in [2.05, 4.69) is 67.8 Å². The van der Waals surface area contributed by atoms with Crippen molar-refractivity contribution in [3.63, 3.8) is 0 Å². The van der Waals surface area contributed by atoms with Crippen LogP contribution >= 0.6 is 37.2 Å². The Balaban J connectivity index is 0.000000969. The van der Waals surface area contributed by atoms with Gasteiger partial charge < -0.3 is 15.2 Å². The molecule has 0 saturated carbocycles. The number of halogens is 4. The van der Waals surface area contributed by atoms with Crippen molar-refractivity contribution in [1.29, 1.82) is 0 Å². The van der Waals surface area contributed by atoms with Crippen molar-refractivity contribution in [3.05, 3.63) is 59.2 Å². The first kappa shape index (κ1) is 37.0. The third-order valence-corrected chi connectivity index (χ3v) is 5.73. The van der Waals surface area contributed by atoms with E-state index in [0.717, 1.165) is 37.0 Å². The lowest BCUT2D eigenvalue weighted by molar-refractivity contribution is 0.399. The van der Waals surface area contributed by atoms with Crippen molar-refractivity contribution in [1.82, 2.24) is 29.8 Å². The van der Waals surface area contributed by atoms with Crippen LogP contribution in [0.5, 0.6) is 0 Å². The van der Waals surface area contributed by atoms with Gasteiger partial charge in [0.05, 0.1) is 11.7 Å². The second-order valence-electron chi connectivity index (χ2n) is 9.24. The SMILES string of the molecule is CC.CC.CC.Cc1nc2c(F)cc(-c3nc(Nc4ccc5c(n4)CCNC5)ncc3F)cc2n1C(C)(C)C.II. The second-order valence-corrected chi connectivity index (χ2v) is 9.24. The third kappa shape index (κ3) is 9.24. The van der Waals surface area contributed by atoms with E-state index in [1.807, 2.05) is 85.9 Å². The van der Waals surface area contributed by atoms with Gasteiger partial charge in [-0.1, -0.05) is 47.6 Å². The van der Waals surface area contributed by atoms with Gasteiger partial charge in [-0.05, 0) is 51.5 Å². The highest BCUT2D eigenvalue weighted by Crippen LogP contribution is 2.32. The maximum absolute atomic E-state index is 15.0. The summed E-state index contributed by atoms with van der Waals surface area (Å²) in [4.78, 5) is 17.4. The molecule has 4 aromatic rings. The van der Waals surface area contributed by atoms with Gasteiger partial charge in [0.1, 0.15) is 22.9 Å². The molecule has 4 heterocycles. The van der Waals surface area contributed by atoms with Gasteiger partial charge in [-0.25, -0.2) is 28.7 Å². The molecule has 3 aromatic heterocycles. The van der Waals surface area contributed by atoms with Crippen LogP contribution in [0.2, 0.25) is 0 Å². The molecule has 0 unspecified atom stereocenters. The quantitative estimate of drug-likeness (QED) is 0.201. The van der Waals surface area contributed by atoms with Gasteiger partial charge in [0.15, 0.2) is 11.6 Å². The first-order chi connectivity index (χ1) is 19.7. The summed E-state index contributed by atoms with van der Waals surface area (Å²) in [5, 5.41) is 6.36. The lowest BCUT2D eigenvalue weighted by atomic mass is 10.1. The molecule has 1 aliphatic heterocycles. The number of nitrogens with zero attached hydrogens (tertiary/aromatic N) is 5. The monoisotopic (exact) mass is 793 g/mol. The zero-order valence-electron chi connectivity index (χ0n) is 25.8. The van der Waals surface area contributed by atoms with Crippen LogP contribution in [-0.4, -0.2) is 31.0 Å². The van der Waals surface area contributed by atoms with Gasteiger partial charge in [-0.2, -0.15) is 0 Å². The van der Waals surface area contributed by atoms with E-state index in [0.29, 0.717) is 22.7 Å². The minimum absolute atomic E-state index is 0.00905. The first-order valence-electron chi connectivity index (χ1n) is 14.0. The number of hydrogen-bond acceptors (Lipinski definition) is 6. The van der Waals surface area contributed by atoms with E-state index in [4.69, 9.17) is 0 Å². The summed E-state index contributed by atoms with van der Waals surface area (Å²) in [6.45, 7) is 21.5. The van der Waals surface area contributed by atoms with Crippen LogP contribution in [-0.2, 0) is 18.5 Å². The Kier molecular flexibility index (Phi) is 16.1. The fraction of sp³-hybridized carbons (Fsp3) is 0.467. The van der Waals surface area contributed by atoms with Gasteiger partial charge in [0.25, 0.3) is 0 Å². The van der Waals surface area contributed by atoms with Crippen molar-refractivity contribution in [3.8, 4) is 11.3 Å². The van der Waals surface area contributed by atoms with Crippen LogP contribution in [0.25, 0.3) is 22.3 Å². The maximum Gasteiger partial charge on any atom is 0.229 e. The molecule has 5 rings (SSSR count). The van der Waals surface area contributed by atoms with Gasteiger partial charge in [-0.3, -0.25) is 0 Å². The molecule has 0 atom stereocenters. The number of imidazole rings is 1. The highest BCUT2D eigenvalue weighted by molar-refractivity contribution is 15.0. The maximum atomic E-state index is 15.0. The molecule has 0 fully saturated rings. The van der Waals surface area contributed by atoms with E-state index in [1.54, 1.807) is 6.07 Å². The largest absolute Gasteiger partial charge is 0.323 e. The Hall–Kier alpha value is -2.00. The Labute approximate surface area is 267 Å². The molecule has 0 aliphatic carbocycles. The first-order valence-corrected chi connectivity index (χ1v) is 20.3. The Morgan fingerprint density at radius 2 is 1.59 bits per heavy atom. The molecule has 0 spiro atoms. The highest BCUT2D eigenvalue weighted by Gasteiger charge is 2.23. The Morgan fingerprint density at radius 1 is 0.927 bits per heavy atom. The van der Waals surface area contributed by atoms with Gasteiger partial charge in [-0.15, -0.1) is 0 Å². The number of benzene rings is 1. The number of hydrogen-bond donors (Lipinski definition) is 2. The van der Waals surface area contributed by atoms with Crippen molar-refractivity contribution in [2.45, 2.75) is 87.7 Å². The molecular formula is C30H43F2I2N7. The summed E-state index contributed by atoms with van der Waals surface area (Å²) in [5.41, 5.74) is 3.02. The Bertz CT molecular complexity index is 1390. The topological polar surface area (TPSA) is 80.6 Å². The van der Waals surface area contributed by atoms with Gasteiger partial charge in [0, 0.05) is 73.5 Å². The average molecular weight is 794 g/mol. The van der Waals surface area contributed by atoms with Gasteiger partial charge in [0.2, 0.25) is 5.95 Å². The zero-order valence-corrected chi connectivity index (χ0v) is 30.1. The molecular weight excluding hydrogens is 750 g/mol. The average Bonchev–Trinajstić information content (AvgIpc) is 3.35. The number of fused-ring (bicyclic) bond motifs is 2. The van der Waals surface area contributed by atoms with Crippen molar-refractivity contribution >= 4 is 60.0 Å². The summed E-state index contributed by atoms with van der Waals surface area (Å²) in [6, 6.07) is 6.83. The number of anilines is 2. The van der Waals surface area contributed by atoms with E-state index in [-0.39, 0.29) is 22.7 Å². The van der Waals surface area contributed by atoms with E-state index < -0.39 is 11.6 Å². The van der Waals surface area contributed by atoms with Crippen LogP contribution in [0, 0.1) is 18.6 Å². The molecule has 0 bridgehead atoms. The number of pyridine rings is 1. The van der Waals surface area contributed by atoms with Crippen LogP contribution < -0.4 is 10.6 Å². The van der Waals surface area contributed by atoms with Crippen molar-refractivity contribution in [2.24, 2.45) is 0 Å². The standard InChI is InChI=1S/C24H25F2N7.3C2H6.I2/c1-13-29-22-16(25)9-15(10-19(22)33(13)24(2,3)4)21-17(26)12-28-23(32-21)31-20-6-5-14-11-27-8-7-18(14)30-20;4*1-2/h5-6,9-10,12,27H,7-8,11H2,1-4H3,(H,28,30,31,32);3*1-2H3;. The summed E-state index contributed by atoms with van der Waals surface area (Å²) in [5.74, 6) is 0.297. The highest BCUT2D eigenvalue weighted by atomic mass is 128. The lowest BCUT2D eigenvalue weighted by Gasteiger charge is -2.24. The number of aromatic nitrogens is 5. The fourth-order valence-corrected chi connectivity index (χ4v) is 4.39. The predicted molar refractivity (Wildman–Crippen MR) is 185 cm³/mol. The Morgan fingerprint density at radius 3 is 2.22 bits per heavy atom. The fourth-order valence-electron chi connectivity index (χ4n) is 4.39. The summed E-state index contributed by atoms with van der Waals surface area (Å²) in [6.07, 6.45) is 1.92. The van der Waals surface area contributed by atoms with Crippen LogP contribution in [0.1, 0.15) is 79.4 Å². The molecule has 2 N–H and O–H groups in total. The van der Waals surface area contributed by atoms with Gasteiger partial charge >= 0.3 is 0 Å². The van der Waals surface area contributed by atoms with Crippen LogP contribution in [0.3, 0.4) is 0 Å². The molecule has 11 heteroatoms. The molecule has 0 radical (unpaired) electrons. The predicted octanol–water partition coefficient (Wildman–Crippen LogP) is 9.47. The van der Waals surface area contributed by atoms with Crippen molar-refractivity contribution in [2.75, 3.05) is 11.9 Å². The molecule has 0 saturated heterocycles. The minimum atomic E-state index is -0.637. The molecule has 0 amide bonds. The molecule has 1 aromatic carbocycles. The van der Waals surface area contributed by atoms with E-state index >= 15 is 0 Å². The molecule has 41 heavy (non-hydrogen) atoms. The third-order valence-electron chi connectivity index (χ3n) is 5.73. The molecule has 1 aliphatic rings. The number of rotatable bonds is 3. The smallest absolute Gasteiger partial charge is 0.229 e. The van der Waals surface area contributed by atoms with Crippen molar-refractivity contribution < 1.29 is 8.78 Å². The summed E-state index contributed by atoms with van der Waals surface area (Å²) < 4.78 is 31.7. The van der Waals surface area contributed by atoms with Crippen LogP contribution in [0.4, 0.5) is 20.5 Å². The summed E-state index contributed by atoms with van der Waals surface area (Å²) in [7, 11) is 0. The summed E-state index contributed by atoms with van der Waals surface area (Å²) >= 11 is 4.24. The zero-order chi connectivity index (χ0) is 31.3. The number of aryl methyl sites for hydroxylation is 1. The lowest BCUT2D eigenvalue weighted by Crippen LogP contribution is -2.24. The second kappa shape index (κ2) is 17.8. The normalized spacial score (nSPS) is 11.8. The minimum Gasteiger partial charge on any atom is -0.323 e. The van der Waals surface area contributed by atoms with Crippen LogP contribution in [0.15, 0.2) is 30.5 Å². The van der Waals surface area contributed by atoms with E-state index in [1.165, 1.54) is 6.07 Å².